The number of carboxylic acids is 1. The average Bonchev–Trinajstić information content (AvgIpc) is 3.02. The van der Waals surface area contributed by atoms with E-state index >= 15 is 0 Å². The molecule has 0 bridgehead atoms. The summed E-state index contributed by atoms with van der Waals surface area (Å²) in [6.07, 6.45) is 2.24. The highest BCUT2D eigenvalue weighted by molar-refractivity contribution is 8.00. The molecule has 0 aliphatic carbocycles. The molecule has 6 nitrogen and oxygen atoms in total. The topological polar surface area (TPSA) is 83.2 Å². The van der Waals surface area contributed by atoms with E-state index in [4.69, 9.17) is 0 Å². The highest BCUT2D eigenvalue weighted by Gasteiger charge is 2.15. The highest BCUT2D eigenvalue weighted by atomic mass is 32.2. The fourth-order valence-corrected chi connectivity index (χ4v) is 3.32. The molecule has 8 heteroatoms. The van der Waals surface area contributed by atoms with Crippen LogP contribution in [0.25, 0.3) is 17.0 Å². The highest BCUT2D eigenvalue weighted by Crippen LogP contribution is 2.26. The minimum absolute atomic E-state index is 0.338. The number of carboxylic acid groups (broad SMARTS) is 1. The van der Waals surface area contributed by atoms with Gasteiger partial charge in [0, 0.05) is 5.56 Å². The quantitative estimate of drug-likeness (QED) is 0.602. The molecule has 130 valence electrons. The van der Waals surface area contributed by atoms with Crippen LogP contribution in [0.1, 0.15) is 26.2 Å². The van der Waals surface area contributed by atoms with Gasteiger partial charge in [0.15, 0.2) is 11.5 Å². The summed E-state index contributed by atoms with van der Waals surface area (Å²) < 4.78 is 14.6. The van der Waals surface area contributed by atoms with Crippen LogP contribution in [-0.4, -0.2) is 31.0 Å². The maximum absolute atomic E-state index is 13.1. The third-order valence-corrected chi connectivity index (χ3v) is 4.86. The number of aliphatic carboxylic acids is 1. The zero-order chi connectivity index (χ0) is 17.8. The van der Waals surface area contributed by atoms with Crippen LogP contribution in [0.15, 0.2) is 41.4 Å². The number of fused-ring (bicyclic) bond motifs is 1. The van der Waals surface area contributed by atoms with Crippen molar-refractivity contribution in [2.24, 2.45) is 0 Å². The Bertz CT molecular complexity index is 882. The zero-order valence-corrected chi connectivity index (χ0v) is 14.4. The van der Waals surface area contributed by atoms with Gasteiger partial charge in [-0.3, -0.25) is 0 Å². The van der Waals surface area contributed by atoms with Crippen molar-refractivity contribution >= 4 is 23.4 Å². The first-order valence-electron chi connectivity index (χ1n) is 7.94. The lowest BCUT2D eigenvalue weighted by Gasteiger charge is -2.16. The Morgan fingerprint density at radius 1 is 1.24 bits per heavy atom. The lowest BCUT2D eigenvalue weighted by molar-refractivity contribution is -0.304. The smallest absolute Gasteiger partial charge is 0.185 e. The summed E-state index contributed by atoms with van der Waals surface area (Å²) in [4.78, 5) is 11.3. The first-order valence-corrected chi connectivity index (χ1v) is 8.82. The molecular weight excluding hydrogens is 343 g/mol. The largest absolute Gasteiger partial charge is 0.549 e. The van der Waals surface area contributed by atoms with Crippen molar-refractivity contribution in [1.82, 2.24) is 19.8 Å². The molecule has 25 heavy (non-hydrogen) atoms. The number of aromatic nitrogens is 4. The molecule has 0 saturated heterocycles. The zero-order valence-electron chi connectivity index (χ0n) is 13.6. The van der Waals surface area contributed by atoms with Gasteiger partial charge in [-0.25, -0.2) is 4.39 Å². The van der Waals surface area contributed by atoms with Gasteiger partial charge >= 0.3 is 0 Å². The molecule has 0 saturated carbocycles. The van der Waals surface area contributed by atoms with Crippen LogP contribution in [-0.2, 0) is 4.79 Å². The standard InChI is InChI=1S/C17H17FN4O2S/c1-2-3-4-13(17(23)24)25-15-10-9-14-19-20-16(22(14)21-15)11-5-7-12(18)8-6-11/h5-10,13H,2-4H2,1H3,(H,23,24)/p-1/t13-/m1/s1. The fraction of sp³-hybridized carbons (Fsp3) is 0.294. The van der Waals surface area contributed by atoms with Crippen molar-refractivity contribution in [2.75, 3.05) is 0 Å². The molecule has 2 heterocycles. The van der Waals surface area contributed by atoms with E-state index in [0.29, 0.717) is 28.5 Å². The van der Waals surface area contributed by atoms with E-state index in [2.05, 4.69) is 15.3 Å². The molecule has 1 aromatic carbocycles. The van der Waals surface area contributed by atoms with Crippen molar-refractivity contribution in [2.45, 2.75) is 36.5 Å². The third-order valence-electron chi connectivity index (χ3n) is 3.69. The van der Waals surface area contributed by atoms with Crippen LogP contribution in [0, 0.1) is 5.82 Å². The molecule has 0 radical (unpaired) electrons. The molecule has 0 amide bonds. The molecule has 1 atom stereocenters. The average molecular weight is 359 g/mol. The maximum atomic E-state index is 13.1. The van der Waals surface area contributed by atoms with Crippen molar-refractivity contribution < 1.29 is 14.3 Å². The number of halogens is 1. The summed E-state index contributed by atoms with van der Waals surface area (Å²) in [6.45, 7) is 2.01. The van der Waals surface area contributed by atoms with E-state index in [1.54, 1.807) is 24.3 Å². The van der Waals surface area contributed by atoms with Gasteiger partial charge in [-0.05, 0) is 42.8 Å². The number of benzene rings is 1. The van der Waals surface area contributed by atoms with Gasteiger partial charge in [0.05, 0.1) is 11.2 Å². The number of rotatable bonds is 7. The van der Waals surface area contributed by atoms with Crippen molar-refractivity contribution in [3.05, 3.63) is 42.2 Å². The molecule has 0 N–H and O–H groups in total. The molecule has 0 aliphatic heterocycles. The monoisotopic (exact) mass is 359 g/mol. The normalized spacial score (nSPS) is 12.4. The Kier molecular flexibility index (Phi) is 5.28. The number of carbonyl (C=O) groups is 1. The fourth-order valence-electron chi connectivity index (χ4n) is 2.37. The van der Waals surface area contributed by atoms with Gasteiger partial charge in [-0.15, -0.1) is 10.2 Å². The Balaban J connectivity index is 1.92. The van der Waals surface area contributed by atoms with Gasteiger partial charge in [0.2, 0.25) is 0 Å². The Morgan fingerprint density at radius 2 is 2.00 bits per heavy atom. The molecule has 2 aromatic heterocycles. The number of hydrogen-bond acceptors (Lipinski definition) is 6. The number of unbranched alkanes of at least 4 members (excludes halogenated alkanes) is 1. The summed E-state index contributed by atoms with van der Waals surface area (Å²) >= 11 is 1.15. The summed E-state index contributed by atoms with van der Waals surface area (Å²) in [5, 5.41) is 23.8. The van der Waals surface area contributed by atoms with Crippen LogP contribution in [0.5, 0.6) is 0 Å². The predicted molar refractivity (Wildman–Crippen MR) is 90.4 cm³/mol. The molecule has 0 aliphatic rings. The first kappa shape index (κ1) is 17.3. The molecular formula is C17H16FN4O2S-. The molecule has 3 aromatic rings. The van der Waals surface area contributed by atoms with Crippen LogP contribution in [0.3, 0.4) is 0 Å². The summed E-state index contributed by atoms with van der Waals surface area (Å²) in [5.41, 5.74) is 1.20. The van der Waals surface area contributed by atoms with Crippen molar-refractivity contribution in [3.8, 4) is 11.4 Å². The third kappa shape index (κ3) is 3.96. The minimum Gasteiger partial charge on any atom is -0.549 e. The number of hydrogen-bond donors (Lipinski definition) is 0. The number of thioether (sulfide) groups is 1. The summed E-state index contributed by atoms with van der Waals surface area (Å²) in [5.74, 6) is -0.964. The molecule has 0 fully saturated rings. The van der Waals surface area contributed by atoms with E-state index < -0.39 is 11.2 Å². The van der Waals surface area contributed by atoms with Gasteiger partial charge in [0.1, 0.15) is 10.8 Å². The van der Waals surface area contributed by atoms with Crippen molar-refractivity contribution in [1.29, 1.82) is 0 Å². The van der Waals surface area contributed by atoms with E-state index in [1.165, 1.54) is 16.6 Å². The Labute approximate surface area is 148 Å². The second-order valence-corrected chi connectivity index (χ2v) is 6.76. The Hall–Kier alpha value is -2.48. The van der Waals surface area contributed by atoms with E-state index in [0.717, 1.165) is 24.6 Å². The van der Waals surface area contributed by atoms with Crippen LogP contribution >= 0.6 is 11.8 Å². The summed E-state index contributed by atoms with van der Waals surface area (Å²) in [6, 6.07) is 9.31. The van der Waals surface area contributed by atoms with Crippen molar-refractivity contribution in [3.63, 3.8) is 0 Å². The van der Waals surface area contributed by atoms with E-state index in [9.17, 15) is 14.3 Å². The summed E-state index contributed by atoms with van der Waals surface area (Å²) in [7, 11) is 0. The van der Waals surface area contributed by atoms with Gasteiger partial charge in [-0.1, -0.05) is 31.5 Å². The maximum Gasteiger partial charge on any atom is 0.185 e. The van der Waals surface area contributed by atoms with E-state index in [-0.39, 0.29) is 5.82 Å². The van der Waals surface area contributed by atoms with Crippen LogP contribution in [0.4, 0.5) is 4.39 Å². The number of nitrogens with zero attached hydrogens (tertiary/aromatic N) is 4. The second kappa shape index (κ2) is 7.60. The first-order chi connectivity index (χ1) is 12.1. The van der Waals surface area contributed by atoms with Crippen LogP contribution < -0.4 is 5.11 Å². The van der Waals surface area contributed by atoms with Gasteiger partial charge in [0.25, 0.3) is 0 Å². The van der Waals surface area contributed by atoms with E-state index in [1.807, 2.05) is 6.92 Å². The lowest BCUT2D eigenvalue weighted by atomic mass is 10.2. The lowest BCUT2D eigenvalue weighted by Crippen LogP contribution is -2.33. The minimum atomic E-state index is -1.09. The van der Waals surface area contributed by atoms with Gasteiger partial charge in [-0.2, -0.15) is 9.61 Å². The molecule has 3 rings (SSSR count). The second-order valence-electron chi connectivity index (χ2n) is 5.54. The predicted octanol–water partition coefficient (Wildman–Crippen LogP) is 2.33. The number of carbonyl (C=O) groups excluding carboxylic acids is 1. The molecule has 0 unspecified atom stereocenters. The Morgan fingerprint density at radius 3 is 2.68 bits per heavy atom. The SMILES string of the molecule is CCCC[C@@H](Sc1ccc2nnc(-c3ccc(F)cc3)n2n1)C(=O)[O-]. The van der Waals surface area contributed by atoms with Crippen LogP contribution in [0.2, 0.25) is 0 Å². The van der Waals surface area contributed by atoms with Gasteiger partial charge < -0.3 is 9.90 Å². The molecule has 0 spiro atoms.